The second-order valence-electron chi connectivity index (χ2n) is 17.6. The van der Waals surface area contributed by atoms with E-state index in [4.69, 9.17) is 69.6 Å². The number of aryl methyl sites for hydroxylation is 4. The highest BCUT2D eigenvalue weighted by atomic mass is 35.5. The predicted molar refractivity (Wildman–Crippen MR) is 297 cm³/mol. The van der Waals surface area contributed by atoms with Gasteiger partial charge in [0.2, 0.25) is 0 Å². The zero-order valence-electron chi connectivity index (χ0n) is 39.9. The van der Waals surface area contributed by atoms with Crippen LogP contribution in [0.3, 0.4) is 0 Å². The molecular weight excluding hydrogens is 1140 g/mol. The first-order valence-corrected chi connectivity index (χ1v) is 29.9. The van der Waals surface area contributed by atoms with E-state index in [0.717, 1.165) is 33.7 Å². The molecule has 4 aromatic carbocycles. The second kappa shape index (κ2) is 22.2. The highest BCUT2D eigenvalue weighted by Crippen LogP contribution is 2.46. The Labute approximate surface area is 459 Å². The van der Waals surface area contributed by atoms with Gasteiger partial charge < -0.3 is 19.6 Å². The van der Waals surface area contributed by atoms with Crippen LogP contribution in [0.2, 0.25) is 30.1 Å². The Morgan fingerprint density at radius 2 is 0.946 bits per heavy atom. The van der Waals surface area contributed by atoms with Gasteiger partial charge in [-0.15, -0.1) is 0 Å². The summed E-state index contributed by atoms with van der Waals surface area (Å²) in [7, 11) is -7.38. The Kier molecular flexibility index (Phi) is 16.7. The van der Waals surface area contributed by atoms with E-state index in [1.54, 1.807) is 59.3 Å². The molecule has 0 atom stereocenters. The largest absolute Gasteiger partial charge is 0.329 e. The number of hydrogen-bond donors (Lipinski definition) is 3. The summed E-state index contributed by atoms with van der Waals surface area (Å²) in [5, 5.41) is 1.93. The fraction of sp³-hybridized carbons (Fsp3) is 0.292. The van der Waals surface area contributed by atoms with Crippen LogP contribution in [0.1, 0.15) is 30.9 Å². The first-order chi connectivity index (χ1) is 34.8. The topological polar surface area (TPSA) is 194 Å². The maximum atomic E-state index is 11.9. The molecule has 3 N–H and O–H groups in total. The fourth-order valence-corrected chi connectivity index (χ4v) is 11.7. The predicted octanol–water partition coefficient (Wildman–Crippen LogP) is 9.78. The summed E-state index contributed by atoms with van der Waals surface area (Å²) >= 11 is 38.8. The van der Waals surface area contributed by atoms with Crippen molar-refractivity contribution in [3.63, 3.8) is 0 Å². The van der Waals surface area contributed by atoms with Gasteiger partial charge in [0.1, 0.15) is 11.6 Å². The number of benzene rings is 4. The molecule has 0 saturated heterocycles. The molecule has 0 aliphatic carbocycles. The van der Waals surface area contributed by atoms with Crippen LogP contribution in [0.4, 0.5) is 22.7 Å². The number of nitrogens with zero attached hydrogens (tertiary/aromatic N) is 8. The van der Waals surface area contributed by atoms with Crippen LogP contribution in [0.5, 0.6) is 0 Å². The summed E-state index contributed by atoms with van der Waals surface area (Å²) in [6, 6.07) is 18.0. The van der Waals surface area contributed by atoms with Gasteiger partial charge in [0.05, 0.1) is 96.8 Å². The highest BCUT2D eigenvalue weighted by Gasteiger charge is 2.33. The van der Waals surface area contributed by atoms with Crippen molar-refractivity contribution in [3.05, 3.63) is 138 Å². The minimum atomic E-state index is -4.34. The lowest BCUT2D eigenvalue weighted by molar-refractivity contribution is -0.673. The van der Waals surface area contributed by atoms with E-state index in [2.05, 4.69) is 9.13 Å². The summed E-state index contributed by atoms with van der Waals surface area (Å²) in [6.07, 6.45) is 12.5. The van der Waals surface area contributed by atoms with Crippen molar-refractivity contribution in [3.8, 4) is 0 Å². The molecule has 6 aromatic rings. The van der Waals surface area contributed by atoms with Gasteiger partial charge in [0.25, 0.3) is 42.0 Å². The molecule has 0 spiro atoms. The van der Waals surface area contributed by atoms with Crippen LogP contribution in [0, 0.1) is 0 Å². The molecule has 2 aliphatic heterocycles. The molecular formula is C48H50Cl6N8O9S3+2. The van der Waals surface area contributed by atoms with E-state index < -0.39 is 47.6 Å². The fourth-order valence-electron chi connectivity index (χ4n) is 9.39. The SMILES string of the molecule is CN1C(=CC=Cc2n(CCCCn3c(C=CC=C4N(C)c5cc(Cl)c(Cl)cc5N4CCS(=O)(=O)O)[n+](CCCS(=O)(=O)O)c4ccccc43)c3cc(Cl)c(Cl)cc3[n+]2C)N(CCS(=O)(=O)O)c2cc(Cl)c(Cl)cc21. The normalized spacial score (nSPS) is 15.5. The molecule has 0 amide bonds. The Balaban J connectivity index is 1.12. The summed E-state index contributed by atoms with van der Waals surface area (Å²) in [4.78, 5) is 7.15. The molecule has 26 heteroatoms. The Hall–Kier alpha value is -4.55. The third-order valence-corrected chi connectivity index (χ3v) is 17.2. The quantitative estimate of drug-likeness (QED) is 0.0395. The molecule has 74 heavy (non-hydrogen) atoms. The van der Waals surface area contributed by atoms with Gasteiger partial charge in [-0.2, -0.15) is 25.3 Å². The molecule has 394 valence electrons. The van der Waals surface area contributed by atoms with Gasteiger partial charge in [0, 0.05) is 57.9 Å². The smallest absolute Gasteiger partial charge is 0.282 e. The van der Waals surface area contributed by atoms with E-state index in [9.17, 15) is 38.9 Å². The molecule has 2 aromatic heterocycles. The molecule has 4 heterocycles. The van der Waals surface area contributed by atoms with Crippen molar-refractivity contribution in [1.29, 1.82) is 0 Å². The second-order valence-corrected chi connectivity index (χ2v) is 24.8. The van der Waals surface area contributed by atoms with E-state index in [1.165, 1.54) is 0 Å². The Bertz CT molecular complexity index is 3700. The molecule has 0 unspecified atom stereocenters. The van der Waals surface area contributed by atoms with Crippen LogP contribution in [-0.2, 0) is 57.0 Å². The van der Waals surface area contributed by atoms with Crippen molar-refractivity contribution in [2.75, 3.05) is 64.0 Å². The summed E-state index contributed by atoms with van der Waals surface area (Å²) in [5.41, 5.74) is 5.92. The zero-order valence-corrected chi connectivity index (χ0v) is 46.9. The van der Waals surface area contributed by atoms with Gasteiger partial charge in [-0.05, 0) is 61.4 Å². The van der Waals surface area contributed by atoms with Crippen LogP contribution < -0.4 is 28.7 Å². The van der Waals surface area contributed by atoms with Gasteiger partial charge in [-0.3, -0.25) is 13.7 Å². The van der Waals surface area contributed by atoms with Crippen LogP contribution in [-0.4, -0.2) is 92.5 Å². The molecule has 17 nitrogen and oxygen atoms in total. The maximum absolute atomic E-state index is 11.9. The first kappa shape index (κ1) is 55.7. The van der Waals surface area contributed by atoms with Gasteiger partial charge >= 0.3 is 0 Å². The van der Waals surface area contributed by atoms with E-state index in [0.29, 0.717) is 80.4 Å². The molecule has 2 aliphatic rings. The summed E-state index contributed by atoms with van der Waals surface area (Å²) in [5.74, 6) is 1.14. The van der Waals surface area contributed by atoms with E-state index in [-0.39, 0.29) is 36.1 Å². The van der Waals surface area contributed by atoms with Crippen LogP contribution in [0.25, 0.3) is 34.2 Å². The number of allylic oxidation sites excluding steroid dienone is 4. The lowest BCUT2D eigenvalue weighted by Crippen LogP contribution is -2.37. The average molecular weight is 1190 g/mol. The van der Waals surface area contributed by atoms with Crippen molar-refractivity contribution < 1.29 is 48.0 Å². The molecule has 0 saturated carbocycles. The van der Waals surface area contributed by atoms with Crippen molar-refractivity contribution in [1.82, 2.24) is 9.13 Å². The number of hydrogen-bond acceptors (Lipinski definition) is 10. The number of imidazole rings is 2. The molecule has 0 bridgehead atoms. The number of fused-ring (bicyclic) bond motifs is 4. The first-order valence-electron chi connectivity index (χ1n) is 22.8. The third kappa shape index (κ3) is 12.2. The maximum Gasteiger partial charge on any atom is 0.282 e. The number of unbranched alkanes of at least 4 members (excludes halogenated alkanes) is 1. The van der Waals surface area contributed by atoms with Crippen LogP contribution in [0.15, 0.2) is 96.6 Å². The summed E-state index contributed by atoms with van der Waals surface area (Å²) < 4.78 is 109. The Morgan fingerprint density at radius 1 is 0.514 bits per heavy atom. The summed E-state index contributed by atoms with van der Waals surface area (Å²) in [6.45, 7) is 1.13. The molecule has 0 radical (unpaired) electrons. The van der Waals surface area contributed by atoms with Crippen molar-refractivity contribution in [2.45, 2.75) is 38.9 Å². The lowest BCUT2D eigenvalue weighted by atomic mass is 10.2. The van der Waals surface area contributed by atoms with Gasteiger partial charge in [-0.25, -0.2) is 18.3 Å². The number of aromatic nitrogens is 4. The third-order valence-electron chi connectivity index (χ3n) is 12.8. The standard InChI is InChI=1S/C48H48Cl6N8O9S3/c1-55-39-25-31(49)34(52)28-42(39)60(45(55)13-8-14-46-56(2)40-26-32(50)35(53)29-43(40)61(46)20-23-73(66,67)68)18-7-6-17-58-37-11-4-5-12-38(37)59(19-10-22-72(63,64)65)48(58)16-9-15-47-57(3)41-27-33(51)36(54)30-44(41)62(47)21-24-74(69,70)71/h4-5,8-9,11-16,25-30H,6-7,10,17-24H2,1-3H3,(H-2,63,64,65,66,67,68,69,70,71)/p+2. The number of para-hydroxylation sites is 2. The van der Waals surface area contributed by atoms with Crippen molar-refractivity contribution in [2.24, 2.45) is 7.05 Å². The molecule has 8 rings (SSSR count). The number of halogens is 6. The monoisotopic (exact) mass is 1190 g/mol. The minimum absolute atomic E-state index is 0.0643. The van der Waals surface area contributed by atoms with E-state index in [1.807, 2.05) is 87.7 Å². The van der Waals surface area contributed by atoms with E-state index >= 15 is 0 Å². The van der Waals surface area contributed by atoms with Gasteiger partial charge in [0.15, 0.2) is 22.1 Å². The molecule has 0 fully saturated rings. The van der Waals surface area contributed by atoms with Crippen molar-refractivity contribution >= 4 is 157 Å². The number of rotatable bonds is 19. The van der Waals surface area contributed by atoms with Gasteiger partial charge in [-0.1, -0.05) is 93.9 Å². The average Bonchev–Trinajstić information content (AvgIpc) is 3.93. The number of anilines is 4. The minimum Gasteiger partial charge on any atom is -0.329 e. The highest BCUT2D eigenvalue weighted by molar-refractivity contribution is 7.86. The lowest BCUT2D eigenvalue weighted by Gasteiger charge is -2.22. The van der Waals surface area contributed by atoms with Crippen LogP contribution >= 0.6 is 69.6 Å². The Morgan fingerprint density at radius 3 is 1.45 bits per heavy atom. The zero-order chi connectivity index (χ0) is 53.6.